The van der Waals surface area contributed by atoms with E-state index >= 15 is 0 Å². The quantitative estimate of drug-likeness (QED) is 0.622. The molecule has 0 aliphatic heterocycles. The van der Waals surface area contributed by atoms with E-state index in [0.717, 1.165) is 11.1 Å². The van der Waals surface area contributed by atoms with Gasteiger partial charge in [-0.1, -0.05) is 48.0 Å². The van der Waals surface area contributed by atoms with Gasteiger partial charge in [0.2, 0.25) is 0 Å². The van der Waals surface area contributed by atoms with Gasteiger partial charge in [0.25, 0.3) is 10.1 Å². The highest BCUT2D eigenvalue weighted by Crippen LogP contribution is 2.08. The van der Waals surface area contributed by atoms with Crippen molar-refractivity contribution in [3.63, 3.8) is 0 Å². The third-order valence-electron chi connectivity index (χ3n) is 3.21. The van der Waals surface area contributed by atoms with Crippen LogP contribution in [0.25, 0.3) is 0 Å². The highest BCUT2D eigenvalue weighted by atomic mass is 32.2. The van der Waals surface area contributed by atoms with E-state index in [9.17, 15) is 13.2 Å². The van der Waals surface area contributed by atoms with Gasteiger partial charge in [-0.2, -0.15) is 8.42 Å². The molecule has 25 heavy (non-hydrogen) atoms. The zero-order chi connectivity index (χ0) is 18.9. The molecule has 3 N–H and O–H groups in total. The number of ether oxygens (including phenoxy) is 1. The van der Waals surface area contributed by atoms with Crippen molar-refractivity contribution in [2.75, 3.05) is 6.61 Å². The van der Waals surface area contributed by atoms with Crippen molar-refractivity contribution in [1.82, 2.24) is 0 Å². The Hall–Kier alpha value is -2.22. The Bertz CT molecular complexity index is 758. The van der Waals surface area contributed by atoms with Gasteiger partial charge in [0.05, 0.1) is 11.5 Å². The third kappa shape index (κ3) is 7.93. The molecule has 0 amide bonds. The van der Waals surface area contributed by atoms with Crippen LogP contribution >= 0.6 is 0 Å². The van der Waals surface area contributed by atoms with Crippen LogP contribution in [-0.2, 0) is 26.1 Å². The second-order valence-electron chi connectivity index (χ2n) is 5.34. The van der Waals surface area contributed by atoms with Crippen LogP contribution in [0.3, 0.4) is 0 Å². The number of aryl methyl sites for hydroxylation is 1. The molecular weight excluding hydrogens is 342 g/mol. The summed E-state index contributed by atoms with van der Waals surface area (Å²) < 4.78 is 34.4. The van der Waals surface area contributed by atoms with E-state index in [1.807, 2.05) is 37.3 Å². The number of benzene rings is 2. The van der Waals surface area contributed by atoms with Crippen molar-refractivity contribution in [3.05, 3.63) is 65.7 Å². The average Bonchev–Trinajstić information content (AvgIpc) is 2.56. The molecule has 0 heterocycles. The van der Waals surface area contributed by atoms with Crippen molar-refractivity contribution in [1.29, 1.82) is 0 Å². The number of esters is 1. The summed E-state index contributed by atoms with van der Waals surface area (Å²) >= 11 is 0. The maximum Gasteiger partial charge on any atom is 0.323 e. The van der Waals surface area contributed by atoms with E-state index in [4.69, 9.17) is 15.0 Å². The molecule has 2 aromatic rings. The van der Waals surface area contributed by atoms with Crippen molar-refractivity contribution in [2.24, 2.45) is 5.73 Å². The summed E-state index contributed by atoms with van der Waals surface area (Å²) in [6.45, 7) is 3.99. The van der Waals surface area contributed by atoms with Gasteiger partial charge < -0.3 is 10.5 Å². The first-order chi connectivity index (χ1) is 11.7. The Morgan fingerprint density at radius 1 is 1.12 bits per heavy atom. The van der Waals surface area contributed by atoms with Gasteiger partial charge in [0, 0.05) is 0 Å². The number of hydrogen-bond donors (Lipinski definition) is 2. The standard InChI is InChI=1S/C11H15NO2.C7H8O3S/c1-2-14-11(13)10(12)8-9-6-4-3-5-7-9;1-6-2-4-7(5-3-6)11(8,9)10/h3-7,10H,2,8,12H2,1H3;2-5H,1H3,(H,8,9,10)/t10-;/m1./s1. The van der Waals surface area contributed by atoms with E-state index in [1.54, 1.807) is 19.1 Å². The molecule has 1 atom stereocenters. The fourth-order valence-electron chi connectivity index (χ4n) is 1.91. The van der Waals surface area contributed by atoms with Gasteiger partial charge in [0.15, 0.2) is 0 Å². The minimum Gasteiger partial charge on any atom is -0.465 e. The fraction of sp³-hybridized carbons (Fsp3) is 0.278. The maximum atomic E-state index is 11.2. The van der Waals surface area contributed by atoms with Crippen LogP contribution in [0.2, 0.25) is 0 Å². The number of rotatable bonds is 5. The van der Waals surface area contributed by atoms with Crippen LogP contribution in [0.15, 0.2) is 59.5 Å². The van der Waals surface area contributed by atoms with Gasteiger partial charge >= 0.3 is 5.97 Å². The molecule has 2 aromatic carbocycles. The topological polar surface area (TPSA) is 107 Å². The second-order valence-corrected chi connectivity index (χ2v) is 6.76. The van der Waals surface area contributed by atoms with E-state index in [0.29, 0.717) is 13.0 Å². The molecule has 0 aliphatic carbocycles. The van der Waals surface area contributed by atoms with E-state index < -0.39 is 16.2 Å². The van der Waals surface area contributed by atoms with Crippen LogP contribution in [0.4, 0.5) is 0 Å². The molecule has 6 nitrogen and oxygen atoms in total. The summed E-state index contributed by atoms with van der Waals surface area (Å²) in [6, 6.07) is 15.1. The maximum absolute atomic E-state index is 11.2. The van der Waals surface area contributed by atoms with E-state index in [1.165, 1.54) is 12.1 Å². The first kappa shape index (κ1) is 20.8. The Kier molecular flexibility index (Phi) is 8.27. The lowest BCUT2D eigenvalue weighted by Crippen LogP contribution is -2.34. The van der Waals surface area contributed by atoms with Crippen molar-refractivity contribution in [3.8, 4) is 0 Å². The van der Waals surface area contributed by atoms with Crippen molar-refractivity contribution >= 4 is 16.1 Å². The normalized spacial score (nSPS) is 11.8. The minimum atomic E-state index is -4.02. The van der Waals surface area contributed by atoms with Crippen molar-refractivity contribution in [2.45, 2.75) is 31.2 Å². The first-order valence-electron chi connectivity index (χ1n) is 7.74. The summed E-state index contributed by atoms with van der Waals surface area (Å²) in [7, 11) is -4.02. The smallest absolute Gasteiger partial charge is 0.323 e. The highest BCUT2D eigenvalue weighted by Gasteiger charge is 2.14. The Morgan fingerprint density at radius 2 is 1.68 bits per heavy atom. The lowest BCUT2D eigenvalue weighted by atomic mass is 10.1. The molecule has 0 aliphatic rings. The summed E-state index contributed by atoms with van der Waals surface area (Å²) in [5.74, 6) is -0.337. The molecule has 2 rings (SSSR count). The Balaban J connectivity index is 0.000000257. The number of carbonyl (C=O) groups is 1. The summed E-state index contributed by atoms with van der Waals surface area (Å²) in [6.07, 6.45) is 0.527. The van der Waals surface area contributed by atoms with Crippen LogP contribution in [0.1, 0.15) is 18.1 Å². The monoisotopic (exact) mass is 365 g/mol. The van der Waals surface area contributed by atoms with E-state index in [2.05, 4.69) is 0 Å². The van der Waals surface area contributed by atoms with Crippen LogP contribution in [0.5, 0.6) is 0 Å². The largest absolute Gasteiger partial charge is 0.465 e. The Morgan fingerprint density at radius 3 is 2.16 bits per heavy atom. The lowest BCUT2D eigenvalue weighted by Gasteiger charge is -2.09. The molecule has 7 heteroatoms. The molecule has 0 spiro atoms. The summed E-state index contributed by atoms with van der Waals surface area (Å²) in [5.41, 5.74) is 7.67. The zero-order valence-corrected chi connectivity index (χ0v) is 15.1. The number of nitrogens with two attached hydrogens (primary N) is 1. The molecule has 0 saturated heterocycles. The molecular formula is C18H23NO5S. The highest BCUT2D eigenvalue weighted by molar-refractivity contribution is 7.85. The predicted octanol–water partition coefficient (Wildman–Crippen LogP) is 2.36. The van der Waals surface area contributed by atoms with Crippen LogP contribution in [0, 0.1) is 6.92 Å². The summed E-state index contributed by atoms with van der Waals surface area (Å²) in [4.78, 5) is 11.1. The van der Waals surface area contributed by atoms with Crippen LogP contribution in [-0.4, -0.2) is 31.6 Å². The molecule has 0 fully saturated rings. The van der Waals surface area contributed by atoms with Gasteiger partial charge in [-0.25, -0.2) is 0 Å². The molecule has 0 radical (unpaired) electrons. The SMILES string of the molecule is CCOC(=O)[C@H](N)Cc1ccccc1.Cc1ccc(S(=O)(=O)O)cc1. The molecule has 136 valence electrons. The number of hydrogen-bond acceptors (Lipinski definition) is 5. The number of carbonyl (C=O) groups excluding carboxylic acids is 1. The van der Waals surface area contributed by atoms with Gasteiger partial charge in [-0.15, -0.1) is 0 Å². The van der Waals surface area contributed by atoms with Gasteiger partial charge in [0.1, 0.15) is 6.04 Å². The lowest BCUT2D eigenvalue weighted by molar-refractivity contribution is -0.144. The fourth-order valence-corrected chi connectivity index (χ4v) is 2.39. The molecule has 0 unspecified atom stereocenters. The van der Waals surface area contributed by atoms with E-state index in [-0.39, 0.29) is 10.9 Å². The van der Waals surface area contributed by atoms with Crippen LogP contribution < -0.4 is 5.73 Å². The summed E-state index contributed by atoms with van der Waals surface area (Å²) in [5, 5.41) is 0. The van der Waals surface area contributed by atoms with Gasteiger partial charge in [-0.3, -0.25) is 9.35 Å². The molecule has 0 aromatic heterocycles. The van der Waals surface area contributed by atoms with Gasteiger partial charge in [-0.05, 0) is 38.0 Å². The molecule has 0 saturated carbocycles. The second kappa shape index (κ2) is 9.93. The minimum absolute atomic E-state index is 0.0666. The molecule has 0 bridgehead atoms. The van der Waals surface area contributed by atoms with Crippen molar-refractivity contribution < 1.29 is 22.5 Å². The predicted molar refractivity (Wildman–Crippen MR) is 95.7 cm³/mol. The zero-order valence-electron chi connectivity index (χ0n) is 14.3. The third-order valence-corrected chi connectivity index (χ3v) is 4.07. The Labute approximate surface area is 148 Å². The first-order valence-corrected chi connectivity index (χ1v) is 9.18. The average molecular weight is 365 g/mol.